The second-order valence-corrected chi connectivity index (χ2v) is 7.40. The summed E-state index contributed by atoms with van der Waals surface area (Å²) in [5.74, 6) is -0.00714. The zero-order valence-corrected chi connectivity index (χ0v) is 15.4. The van der Waals surface area contributed by atoms with Crippen LogP contribution in [0, 0.1) is 5.41 Å². The maximum atomic E-state index is 12.9. The maximum absolute atomic E-state index is 12.9. The molecule has 0 aliphatic carbocycles. The largest absolute Gasteiger partial charge is 0.342 e. The molecule has 2 fully saturated rings. The summed E-state index contributed by atoms with van der Waals surface area (Å²) in [7, 11) is 1.38. The molecule has 142 valence electrons. The van der Waals surface area contributed by atoms with Gasteiger partial charge < -0.3 is 14.8 Å². The highest BCUT2D eigenvalue weighted by Crippen LogP contribution is 2.40. The molecule has 0 radical (unpaired) electrons. The Hall–Kier alpha value is -2.38. The first-order chi connectivity index (χ1) is 12.4. The lowest BCUT2D eigenvalue weighted by Crippen LogP contribution is -2.50. The van der Waals surface area contributed by atoms with Crippen LogP contribution in [0.1, 0.15) is 38.2 Å². The Morgan fingerprint density at radius 1 is 1.23 bits per heavy atom. The first-order valence-electron chi connectivity index (χ1n) is 9.23. The number of nitrogens with zero attached hydrogens (tertiary/aromatic N) is 3. The van der Waals surface area contributed by atoms with Gasteiger partial charge in [-0.2, -0.15) is 0 Å². The number of hydrogen-bond donors (Lipinski definition) is 1. The number of likely N-dealkylation sites (tertiary alicyclic amines) is 2. The molecule has 3 heterocycles. The fourth-order valence-electron chi connectivity index (χ4n) is 4.12. The minimum atomic E-state index is -0.504. The molecular weight excluding hydrogens is 336 g/mol. The van der Waals surface area contributed by atoms with Crippen LogP contribution in [0.15, 0.2) is 15.8 Å². The van der Waals surface area contributed by atoms with Crippen molar-refractivity contribution in [3.8, 4) is 0 Å². The molecule has 2 saturated heterocycles. The van der Waals surface area contributed by atoms with Crippen molar-refractivity contribution in [2.24, 2.45) is 12.5 Å². The molecule has 2 amide bonds. The fraction of sp³-hybridized carbons (Fsp3) is 0.667. The van der Waals surface area contributed by atoms with Gasteiger partial charge in [0, 0.05) is 45.0 Å². The lowest BCUT2D eigenvalue weighted by atomic mass is 9.78. The second kappa shape index (κ2) is 7.09. The van der Waals surface area contributed by atoms with Gasteiger partial charge in [-0.25, -0.2) is 4.79 Å². The van der Waals surface area contributed by atoms with Gasteiger partial charge in [-0.1, -0.05) is 6.92 Å². The summed E-state index contributed by atoms with van der Waals surface area (Å²) < 4.78 is 0.960. The third-order valence-electron chi connectivity index (χ3n) is 5.62. The predicted molar refractivity (Wildman–Crippen MR) is 95.7 cm³/mol. The van der Waals surface area contributed by atoms with Gasteiger partial charge in [0.15, 0.2) is 0 Å². The van der Waals surface area contributed by atoms with Crippen LogP contribution in [0.5, 0.6) is 0 Å². The number of aromatic amines is 1. The van der Waals surface area contributed by atoms with Crippen LogP contribution in [-0.2, 0) is 23.1 Å². The van der Waals surface area contributed by atoms with Crippen molar-refractivity contribution < 1.29 is 9.59 Å². The highest BCUT2D eigenvalue weighted by atomic mass is 16.2. The maximum Gasteiger partial charge on any atom is 0.328 e. The van der Waals surface area contributed by atoms with Gasteiger partial charge >= 0.3 is 5.69 Å². The van der Waals surface area contributed by atoms with Gasteiger partial charge in [0.2, 0.25) is 11.8 Å². The van der Waals surface area contributed by atoms with E-state index < -0.39 is 16.7 Å². The normalized spacial score (nSPS) is 23.1. The van der Waals surface area contributed by atoms with E-state index in [9.17, 15) is 19.2 Å². The summed E-state index contributed by atoms with van der Waals surface area (Å²) in [5.41, 5.74) is -1.16. The molecule has 1 N–H and O–H groups in total. The number of amides is 2. The van der Waals surface area contributed by atoms with Crippen molar-refractivity contribution in [3.63, 3.8) is 0 Å². The van der Waals surface area contributed by atoms with Crippen molar-refractivity contribution >= 4 is 11.8 Å². The van der Waals surface area contributed by atoms with E-state index in [1.54, 1.807) is 4.90 Å². The van der Waals surface area contributed by atoms with E-state index in [0.717, 1.165) is 36.9 Å². The molecule has 8 heteroatoms. The average Bonchev–Trinajstić information content (AvgIpc) is 3.05. The smallest absolute Gasteiger partial charge is 0.328 e. The molecule has 2 aliphatic heterocycles. The summed E-state index contributed by atoms with van der Waals surface area (Å²) in [6, 6.07) is 0. The van der Waals surface area contributed by atoms with Crippen molar-refractivity contribution in [3.05, 3.63) is 32.6 Å². The minimum Gasteiger partial charge on any atom is -0.342 e. The molecule has 0 saturated carbocycles. The zero-order chi connectivity index (χ0) is 18.9. The SMILES string of the molecule is CCCN1CCC[C@@]2(CCN(C(=O)Cc3c[nH]c(=O)n(C)c3=O)C2)C1=O. The summed E-state index contributed by atoms with van der Waals surface area (Å²) >= 11 is 0. The molecule has 1 atom stereocenters. The standard InChI is InChI=1S/C18H26N4O4/c1-3-7-21-8-4-5-18(16(21)25)6-9-22(12-18)14(23)10-13-11-19-17(26)20(2)15(13)24/h11H,3-10,12H2,1-2H3,(H,19,26)/t18-/m0/s1. The Labute approximate surface area is 151 Å². The molecule has 1 spiro atoms. The molecule has 2 aliphatic rings. The minimum absolute atomic E-state index is 0.0631. The Morgan fingerprint density at radius 3 is 2.73 bits per heavy atom. The average molecular weight is 362 g/mol. The molecule has 0 aromatic carbocycles. The van der Waals surface area contributed by atoms with E-state index in [4.69, 9.17) is 0 Å². The van der Waals surface area contributed by atoms with Gasteiger partial charge in [-0.15, -0.1) is 0 Å². The molecule has 26 heavy (non-hydrogen) atoms. The van der Waals surface area contributed by atoms with Crippen LogP contribution >= 0.6 is 0 Å². The van der Waals surface area contributed by atoms with Crippen LogP contribution in [0.4, 0.5) is 0 Å². The van der Waals surface area contributed by atoms with E-state index in [1.807, 2.05) is 4.90 Å². The summed E-state index contributed by atoms with van der Waals surface area (Å²) in [4.78, 5) is 55.2. The lowest BCUT2D eigenvalue weighted by Gasteiger charge is -2.39. The van der Waals surface area contributed by atoms with E-state index in [2.05, 4.69) is 11.9 Å². The molecule has 0 bridgehead atoms. The van der Waals surface area contributed by atoms with Crippen LogP contribution < -0.4 is 11.2 Å². The molecule has 8 nitrogen and oxygen atoms in total. The Balaban J connectivity index is 1.71. The highest BCUT2D eigenvalue weighted by molar-refractivity contribution is 5.86. The Kier molecular flexibility index (Phi) is 5.02. The molecule has 1 aromatic heterocycles. The van der Waals surface area contributed by atoms with Crippen molar-refractivity contribution in [2.75, 3.05) is 26.2 Å². The van der Waals surface area contributed by atoms with Gasteiger partial charge in [0.05, 0.1) is 11.8 Å². The van der Waals surface area contributed by atoms with Gasteiger partial charge in [0.25, 0.3) is 5.56 Å². The molecular formula is C18H26N4O4. The first kappa shape index (κ1) is 18.4. The number of hydrogen-bond acceptors (Lipinski definition) is 4. The van der Waals surface area contributed by atoms with E-state index in [-0.39, 0.29) is 23.8 Å². The van der Waals surface area contributed by atoms with Crippen molar-refractivity contribution in [2.45, 2.75) is 39.0 Å². The first-order valence-corrected chi connectivity index (χ1v) is 9.23. The van der Waals surface area contributed by atoms with Gasteiger partial charge in [-0.05, 0) is 25.7 Å². The number of carbonyl (C=O) groups is 2. The Bertz CT molecular complexity index is 825. The predicted octanol–water partition coefficient (Wildman–Crippen LogP) is -0.133. The van der Waals surface area contributed by atoms with E-state index in [0.29, 0.717) is 19.5 Å². The monoisotopic (exact) mass is 362 g/mol. The van der Waals surface area contributed by atoms with Crippen LogP contribution in [0.3, 0.4) is 0 Å². The number of rotatable bonds is 4. The fourth-order valence-corrected chi connectivity index (χ4v) is 4.12. The number of H-pyrrole nitrogens is 1. The lowest BCUT2D eigenvalue weighted by molar-refractivity contribution is -0.146. The third kappa shape index (κ3) is 3.20. The van der Waals surface area contributed by atoms with Crippen LogP contribution in [-0.4, -0.2) is 57.3 Å². The Morgan fingerprint density at radius 2 is 2.00 bits per heavy atom. The summed E-state index contributed by atoms with van der Waals surface area (Å²) in [6.07, 6.45) is 4.64. The topological polar surface area (TPSA) is 95.5 Å². The summed E-state index contributed by atoms with van der Waals surface area (Å²) in [5, 5.41) is 0. The number of nitrogens with one attached hydrogen (secondary N) is 1. The molecule has 3 rings (SSSR count). The van der Waals surface area contributed by atoms with Crippen LogP contribution in [0.25, 0.3) is 0 Å². The second-order valence-electron chi connectivity index (χ2n) is 7.40. The molecule has 0 unspecified atom stereocenters. The van der Waals surface area contributed by atoms with E-state index in [1.165, 1.54) is 13.2 Å². The quantitative estimate of drug-likeness (QED) is 0.807. The van der Waals surface area contributed by atoms with Gasteiger partial charge in [0.1, 0.15) is 0 Å². The van der Waals surface area contributed by atoms with E-state index >= 15 is 0 Å². The third-order valence-corrected chi connectivity index (χ3v) is 5.62. The highest BCUT2D eigenvalue weighted by Gasteiger charge is 2.49. The number of aromatic nitrogens is 2. The molecule has 1 aromatic rings. The summed E-state index contributed by atoms with van der Waals surface area (Å²) in [6.45, 7) is 4.59. The van der Waals surface area contributed by atoms with Gasteiger partial charge in [-0.3, -0.25) is 19.0 Å². The van der Waals surface area contributed by atoms with Crippen molar-refractivity contribution in [1.82, 2.24) is 19.4 Å². The number of piperidine rings is 1. The van der Waals surface area contributed by atoms with Crippen LogP contribution in [0.2, 0.25) is 0 Å². The van der Waals surface area contributed by atoms with Crippen molar-refractivity contribution in [1.29, 1.82) is 0 Å². The zero-order valence-electron chi connectivity index (χ0n) is 15.4. The number of carbonyl (C=O) groups excluding carboxylic acids is 2.